The molecule has 0 atom stereocenters. The minimum atomic E-state index is -0.292. The molecule has 0 spiro atoms. The van der Waals surface area contributed by atoms with E-state index in [1.54, 1.807) is 24.4 Å². The number of aromatic nitrogens is 2. The highest BCUT2D eigenvalue weighted by Crippen LogP contribution is 2.26. The van der Waals surface area contributed by atoms with Gasteiger partial charge in [-0.05, 0) is 24.3 Å². The molecule has 18 heavy (non-hydrogen) atoms. The van der Waals surface area contributed by atoms with Crippen molar-refractivity contribution in [1.82, 2.24) is 9.97 Å². The molecule has 1 N–H and O–H groups in total. The molecule has 5 heteroatoms. The number of hydrogen-bond donors (Lipinski definition) is 1. The third-order valence-corrected chi connectivity index (χ3v) is 3.62. The summed E-state index contributed by atoms with van der Waals surface area (Å²) in [6.45, 7) is 0. The van der Waals surface area contributed by atoms with Gasteiger partial charge in [-0.2, -0.15) is 0 Å². The number of nitrogens with zero attached hydrogens (tertiary/aromatic N) is 2. The topological polar surface area (TPSA) is 46.0 Å². The molecule has 2 heterocycles. The monoisotopic (exact) mass is 260 g/mol. The number of benzene rings is 1. The minimum Gasteiger partial charge on any atom is -0.506 e. The molecule has 3 rings (SSSR count). The Bertz CT molecular complexity index is 711. The van der Waals surface area contributed by atoms with Gasteiger partial charge in [-0.3, -0.25) is 4.98 Å². The molecule has 0 aliphatic carbocycles. The van der Waals surface area contributed by atoms with E-state index in [-0.39, 0.29) is 11.6 Å². The Morgan fingerprint density at radius 1 is 1.28 bits per heavy atom. The highest BCUT2D eigenvalue weighted by Gasteiger charge is 2.08. The largest absolute Gasteiger partial charge is 0.506 e. The van der Waals surface area contributed by atoms with Crippen molar-refractivity contribution in [3.63, 3.8) is 0 Å². The molecular formula is C13H9FN2OS. The summed E-state index contributed by atoms with van der Waals surface area (Å²) in [4.78, 5) is 8.44. The molecule has 0 radical (unpaired) electrons. The van der Waals surface area contributed by atoms with Crippen molar-refractivity contribution >= 4 is 21.6 Å². The van der Waals surface area contributed by atoms with E-state index in [0.29, 0.717) is 17.6 Å². The number of rotatable bonds is 2. The van der Waals surface area contributed by atoms with Crippen LogP contribution in [0.4, 0.5) is 4.39 Å². The SMILES string of the molecule is Oc1cccnc1Cc1nc2cc(F)ccc2s1. The van der Waals surface area contributed by atoms with Crippen LogP contribution in [0.5, 0.6) is 5.75 Å². The van der Waals surface area contributed by atoms with Crippen molar-refractivity contribution in [2.75, 3.05) is 0 Å². The summed E-state index contributed by atoms with van der Waals surface area (Å²) in [6.07, 6.45) is 2.08. The van der Waals surface area contributed by atoms with E-state index < -0.39 is 0 Å². The molecule has 0 bridgehead atoms. The van der Waals surface area contributed by atoms with Crippen molar-refractivity contribution in [2.24, 2.45) is 0 Å². The molecule has 1 aromatic carbocycles. The van der Waals surface area contributed by atoms with E-state index in [4.69, 9.17) is 0 Å². The Balaban J connectivity index is 1.98. The number of aromatic hydroxyl groups is 1. The summed E-state index contributed by atoms with van der Waals surface area (Å²) in [5.41, 5.74) is 1.22. The molecule has 0 unspecified atom stereocenters. The second kappa shape index (κ2) is 4.34. The fourth-order valence-electron chi connectivity index (χ4n) is 1.73. The number of pyridine rings is 1. The number of halogens is 1. The lowest BCUT2D eigenvalue weighted by atomic mass is 10.2. The lowest BCUT2D eigenvalue weighted by Gasteiger charge is -1.99. The van der Waals surface area contributed by atoms with Crippen LogP contribution in [0.2, 0.25) is 0 Å². The zero-order chi connectivity index (χ0) is 12.5. The summed E-state index contributed by atoms with van der Waals surface area (Å²) in [6, 6.07) is 7.81. The highest BCUT2D eigenvalue weighted by molar-refractivity contribution is 7.18. The molecule has 0 aliphatic rings. The van der Waals surface area contributed by atoms with Crippen LogP contribution in [0.25, 0.3) is 10.2 Å². The van der Waals surface area contributed by atoms with Gasteiger partial charge in [0.2, 0.25) is 0 Å². The first-order valence-electron chi connectivity index (χ1n) is 5.40. The fourth-order valence-corrected chi connectivity index (χ4v) is 2.68. The average molecular weight is 260 g/mol. The average Bonchev–Trinajstić information content (AvgIpc) is 2.73. The van der Waals surface area contributed by atoms with Crippen molar-refractivity contribution < 1.29 is 9.50 Å². The number of hydrogen-bond acceptors (Lipinski definition) is 4. The van der Waals surface area contributed by atoms with Gasteiger partial charge < -0.3 is 5.11 Å². The minimum absolute atomic E-state index is 0.155. The summed E-state index contributed by atoms with van der Waals surface area (Å²) >= 11 is 1.48. The molecular weight excluding hydrogens is 251 g/mol. The Morgan fingerprint density at radius 3 is 3.00 bits per heavy atom. The molecule has 0 amide bonds. The van der Waals surface area contributed by atoms with Crippen molar-refractivity contribution in [3.8, 4) is 5.75 Å². The summed E-state index contributed by atoms with van der Waals surface area (Å²) in [7, 11) is 0. The fraction of sp³-hybridized carbons (Fsp3) is 0.0769. The van der Waals surface area contributed by atoms with E-state index in [1.165, 1.54) is 23.5 Å². The molecule has 90 valence electrons. The smallest absolute Gasteiger partial charge is 0.137 e. The van der Waals surface area contributed by atoms with Gasteiger partial charge in [0, 0.05) is 18.7 Å². The number of thiazole rings is 1. The molecule has 0 fully saturated rings. The first-order valence-corrected chi connectivity index (χ1v) is 6.22. The van der Waals surface area contributed by atoms with Crippen LogP contribution >= 0.6 is 11.3 Å². The van der Waals surface area contributed by atoms with Gasteiger partial charge in [0.25, 0.3) is 0 Å². The van der Waals surface area contributed by atoms with E-state index >= 15 is 0 Å². The van der Waals surface area contributed by atoms with E-state index in [0.717, 1.165) is 9.71 Å². The van der Waals surface area contributed by atoms with Gasteiger partial charge in [0.05, 0.1) is 20.9 Å². The van der Waals surface area contributed by atoms with Crippen molar-refractivity contribution in [2.45, 2.75) is 6.42 Å². The van der Waals surface area contributed by atoms with Crippen LogP contribution in [0.15, 0.2) is 36.5 Å². The second-order valence-electron chi connectivity index (χ2n) is 3.87. The maximum atomic E-state index is 13.0. The van der Waals surface area contributed by atoms with Gasteiger partial charge in [-0.15, -0.1) is 11.3 Å². The van der Waals surface area contributed by atoms with Gasteiger partial charge in [-0.25, -0.2) is 9.37 Å². The summed E-state index contributed by atoms with van der Waals surface area (Å²) < 4.78 is 14.0. The Morgan fingerprint density at radius 2 is 2.17 bits per heavy atom. The predicted octanol–water partition coefficient (Wildman–Crippen LogP) is 3.13. The van der Waals surface area contributed by atoms with Crippen LogP contribution in [0.1, 0.15) is 10.7 Å². The van der Waals surface area contributed by atoms with Crippen molar-refractivity contribution in [1.29, 1.82) is 0 Å². The molecule has 2 aromatic heterocycles. The van der Waals surface area contributed by atoms with Gasteiger partial charge in [0.15, 0.2) is 0 Å². The van der Waals surface area contributed by atoms with Crippen LogP contribution in [-0.4, -0.2) is 15.1 Å². The molecule has 0 aliphatic heterocycles. The quantitative estimate of drug-likeness (QED) is 0.770. The van der Waals surface area contributed by atoms with E-state index in [9.17, 15) is 9.50 Å². The Hall–Kier alpha value is -2.01. The summed E-state index contributed by atoms with van der Waals surface area (Å²) in [5.74, 6) is -0.136. The normalized spacial score (nSPS) is 10.9. The summed E-state index contributed by atoms with van der Waals surface area (Å²) in [5, 5.41) is 10.5. The van der Waals surface area contributed by atoms with Crippen LogP contribution in [0, 0.1) is 5.82 Å². The van der Waals surface area contributed by atoms with E-state index in [2.05, 4.69) is 9.97 Å². The van der Waals surface area contributed by atoms with E-state index in [1.807, 2.05) is 0 Å². The Labute approximate surface area is 107 Å². The lowest BCUT2D eigenvalue weighted by molar-refractivity contribution is 0.465. The third kappa shape index (κ3) is 2.04. The predicted molar refractivity (Wildman–Crippen MR) is 68.3 cm³/mol. The van der Waals surface area contributed by atoms with Gasteiger partial charge in [0.1, 0.15) is 11.6 Å². The van der Waals surface area contributed by atoms with Crippen LogP contribution in [0.3, 0.4) is 0 Å². The molecule has 0 saturated heterocycles. The molecule has 0 saturated carbocycles. The zero-order valence-corrected chi connectivity index (χ0v) is 10.1. The van der Waals surface area contributed by atoms with Crippen LogP contribution < -0.4 is 0 Å². The first kappa shape index (κ1) is 11.1. The second-order valence-corrected chi connectivity index (χ2v) is 4.98. The third-order valence-electron chi connectivity index (χ3n) is 2.58. The maximum absolute atomic E-state index is 13.0. The highest BCUT2D eigenvalue weighted by atomic mass is 32.1. The molecule has 3 nitrogen and oxygen atoms in total. The maximum Gasteiger partial charge on any atom is 0.137 e. The standard InChI is InChI=1S/C13H9FN2OS/c14-8-3-4-12-10(6-8)16-13(18-12)7-9-11(17)2-1-5-15-9/h1-6,17H,7H2. The van der Waals surface area contributed by atoms with Gasteiger partial charge in [-0.1, -0.05) is 0 Å². The zero-order valence-electron chi connectivity index (χ0n) is 9.30. The first-order chi connectivity index (χ1) is 8.72. The van der Waals surface area contributed by atoms with Crippen molar-refractivity contribution in [3.05, 3.63) is 53.0 Å². The van der Waals surface area contributed by atoms with Crippen LogP contribution in [-0.2, 0) is 6.42 Å². The lowest BCUT2D eigenvalue weighted by Crippen LogP contribution is -1.91. The number of fused-ring (bicyclic) bond motifs is 1. The Kier molecular flexibility index (Phi) is 2.68. The van der Waals surface area contributed by atoms with Gasteiger partial charge >= 0.3 is 0 Å². The molecule has 3 aromatic rings.